The van der Waals surface area contributed by atoms with Gasteiger partial charge >= 0.3 is 0 Å². The Morgan fingerprint density at radius 2 is 1.88 bits per heavy atom. The van der Waals surface area contributed by atoms with Crippen LogP contribution >= 0.6 is 0 Å². The first-order valence-electron chi connectivity index (χ1n) is 11.9. The van der Waals surface area contributed by atoms with Crippen molar-refractivity contribution in [2.45, 2.75) is 39.2 Å². The molecule has 1 aliphatic rings. The van der Waals surface area contributed by atoms with Crippen molar-refractivity contribution < 1.29 is 5.11 Å². The zero-order valence-corrected chi connectivity index (χ0v) is 19.8. The van der Waals surface area contributed by atoms with E-state index in [0.717, 1.165) is 79.5 Å². The zero-order valence-electron chi connectivity index (χ0n) is 19.8. The second-order valence-electron chi connectivity index (χ2n) is 9.03. The SMILES string of the molecule is Cc1ccc2c(c1)Cc1nc(Cc3cccc(CO)c3)nc(NCCCN(C)CCCN)c1-2. The van der Waals surface area contributed by atoms with Gasteiger partial charge in [-0.15, -0.1) is 0 Å². The number of aromatic nitrogens is 2. The van der Waals surface area contributed by atoms with Crippen LogP contribution in [0.25, 0.3) is 11.1 Å². The van der Waals surface area contributed by atoms with Gasteiger partial charge in [-0.05, 0) is 68.7 Å². The number of hydrogen-bond donors (Lipinski definition) is 3. The lowest BCUT2D eigenvalue weighted by atomic mass is 10.0. The quantitative estimate of drug-likeness (QED) is 0.306. The van der Waals surface area contributed by atoms with E-state index in [2.05, 4.69) is 48.5 Å². The molecule has 0 aliphatic heterocycles. The fraction of sp³-hybridized carbons (Fsp3) is 0.407. The highest BCUT2D eigenvalue weighted by Gasteiger charge is 2.25. The lowest BCUT2D eigenvalue weighted by Crippen LogP contribution is -2.24. The van der Waals surface area contributed by atoms with Gasteiger partial charge in [-0.1, -0.05) is 48.0 Å². The number of anilines is 1. The molecule has 0 atom stereocenters. The van der Waals surface area contributed by atoms with Gasteiger partial charge in [0.05, 0.1) is 12.3 Å². The minimum Gasteiger partial charge on any atom is -0.392 e. The van der Waals surface area contributed by atoms with Gasteiger partial charge in [0.2, 0.25) is 0 Å². The van der Waals surface area contributed by atoms with E-state index in [1.165, 1.54) is 16.7 Å². The van der Waals surface area contributed by atoms with Gasteiger partial charge < -0.3 is 21.1 Å². The summed E-state index contributed by atoms with van der Waals surface area (Å²) in [6.45, 7) is 5.82. The molecule has 4 N–H and O–H groups in total. The second-order valence-corrected chi connectivity index (χ2v) is 9.03. The summed E-state index contributed by atoms with van der Waals surface area (Å²) >= 11 is 0. The fourth-order valence-electron chi connectivity index (χ4n) is 4.52. The number of fused-ring (bicyclic) bond motifs is 3. The summed E-state index contributed by atoms with van der Waals surface area (Å²) in [7, 11) is 2.15. The molecule has 0 saturated carbocycles. The molecule has 0 unspecified atom stereocenters. The van der Waals surface area contributed by atoms with Crippen LogP contribution < -0.4 is 11.1 Å². The van der Waals surface area contributed by atoms with Gasteiger partial charge in [-0.2, -0.15) is 0 Å². The Kier molecular flexibility index (Phi) is 7.70. The molecule has 0 bridgehead atoms. The highest BCUT2D eigenvalue weighted by atomic mass is 16.3. The molecule has 0 amide bonds. The van der Waals surface area contributed by atoms with Crippen LogP contribution in [0.2, 0.25) is 0 Å². The summed E-state index contributed by atoms with van der Waals surface area (Å²) in [6, 6.07) is 14.6. The van der Waals surface area contributed by atoms with E-state index in [9.17, 15) is 5.11 Å². The molecule has 0 spiro atoms. The third-order valence-corrected chi connectivity index (χ3v) is 6.21. The van der Waals surface area contributed by atoms with Gasteiger partial charge in [0, 0.05) is 24.9 Å². The molecule has 0 fully saturated rings. The average Bonchev–Trinajstić information content (AvgIpc) is 3.17. The van der Waals surface area contributed by atoms with Crippen LogP contribution in [0, 0.1) is 6.92 Å². The molecule has 2 aromatic carbocycles. The molecule has 4 rings (SSSR count). The molecule has 174 valence electrons. The molecule has 1 aliphatic carbocycles. The maximum atomic E-state index is 9.48. The number of aryl methyl sites for hydroxylation is 1. The minimum atomic E-state index is 0.0417. The smallest absolute Gasteiger partial charge is 0.137 e. The van der Waals surface area contributed by atoms with Crippen molar-refractivity contribution in [1.29, 1.82) is 0 Å². The minimum absolute atomic E-state index is 0.0417. The number of aliphatic hydroxyl groups is 1. The van der Waals surface area contributed by atoms with Gasteiger partial charge in [0.1, 0.15) is 11.6 Å². The standard InChI is InChI=1S/C27H35N5O/c1-19-8-9-23-22(14-19)17-24-26(23)27(29-11-5-13-32(2)12-4-10-28)31-25(30-24)16-20-6-3-7-21(15-20)18-33/h3,6-9,14-15,33H,4-5,10-13,16-18,28H2,1-2H3,(H,29,30,31). The monoisotopic (exact) mass is 445 g/mol. The zero-order chi connectivity index (χ0) is 23.2. The molecule has 1 heterocycles. The topological polar surface area (TPSA) is 87.3 Å². The van der Waals surface area contributed by atoms with Crippen molar-refractivity contribution in [2.75, 3.05) is 38.5 Å². The number of aliphatic hydroxyl groups excluding tert-OH is 1. The molecule has 0 saturated heterocycles. The molecule has 33 heavy (non-hydrogen) atoms. The molecule has 6 nitrogen and oxygen atoms in total. The van der Waals surface area contributed by atoms with Crippen LogP contribution in [-0.2, 0) is 19.4 Å². The third-order valence-electron chi connectivity index (χ3n) is 6.21. The lowest BCUT2D eigenvalue weighted by Gasteiger charge is -2.17. The summed E-state index contributed by atoms with van der Waals surface area (Å²) in [4.78, 5) is 12.3. The van der Waals surface area contributed by atoms with Crippen LogP contribution in [0.5, 0.6) is 0 Å². The van der Waals surface area contributed by atoms with Crippen molar-refractivity contribution in [2.24, 2.45) is 5.73 Å². The Bertz CT molecular complexity index is 1100. The number of benzene rings is 2. The first-order valence-corrected chi connectivity index (χ1v) is 11.9. The molecule has 1 aromatic heterocycles. The summed E-state index contributed by atoms with van der Waals surface area (Å²) in [6.07, 6.45) is 3.55. The number of rotatable bonds is 11. The van der Waals surface area contributed by atoms with E-state index >= 15 is 0 Å². The van der Waals surface area contributed by atoms with Crippen molar-refractivity contribution in [3.63, 3.8) is 0 Å². The van der Waals surface area contributed by atoms with Crippen LogP contribution in [0.3, 0.4) is 0 Å². The highest BCUT2D eigenvalue weighted by molar-refractivity contribution is 5.84. The van der Waals surface area contributed by atoms with Crippen LogP contribution in [-0.4, -0.2) is 53.2 Å². The van der Waals surface area contributed by atoms with Crippen molar-refractivity contribution in [3.8, 4) is 11.1 Å². The first-order chi connectivity index (χ1) is 16.1. The Hall–Kier alpha value is -2.80. The first kappa shape index (κ1) is 23.4. The normalized spacial score (nSPS) is 12.2. The average molecular weight is 446 g/mol. The summed E-state index contributed by atoms with van der Waals surface area (Å²) in [5.41, 5.74) is 13.7. The maximum Gasteiger partial charge on any atom is 0.137 e. The van der Waals surface area contributed by atoms with E-state index in [1.807, 2.05) is 18.2 Å². The highest BCUT2D eigenvalue weighted by Crippen LogP contribution is 2.40. The predicted molar refractivity (Wildman–Crippen MR) is 134 cm³/mol. The van der Waals surface area contributed by atoms with Gasteiger partial charge in [0.15, 0.2) is 0 Å². The van der Waals surface area contributed by atoms with Gasteiger partial charge in [-0.25, -0.2) is 9.97 Å². The Balaban J connectivity index is 1.55. The van der Waals surface area contributed by atoms with E-state index in [-0.39, 0.29) is 6.61 Å². The summed E-state index contributed by atoms with van der Waals surface area (Å²) in [5, 5.41) is 13.1. The number of hydrogen-bond acceptors (Lipinski definition) is 6. The van der Waals surface area contributed by atoms with Crippen molar-refractivity contribution in [1.82, 2.24) is 14.9 Å². The van der Waals surface area contributed by atoms with E-state index in [4.69, 9.17) is 15.7 Å². The summed E-state index contributed by atoms with van der Waals surface area (Å²) < 4.78 is 0. The van der Waals surface area contributed by atoms with E-state index in [0.29, 0.717) is 6.42 Å². The predicted octanol–water partition coefficient (Wildman–Crippen LogP) is 3.52. The van der Waals surface area contributed by atoms with Crippen LogP contribution in [0.15, 0.2) is 42.5 Å². The Morgan fingerprint density at radius 3 is 2.70 bits per heavy atom. The number of nitrogens with zero attached hydrogens (tertiary/aromatic N) is 3. The van der Waals surface area contributed by atoms with Gasteiger partial charge in [0.25, 0.3) is 0 Å². The maximum absolute atomic E-state index is 9.48. The second kappa shape index (κ2) is 10.9. The molecular formula is C27H35N5O. The number of nitrogens with two attached hydrogens (primary N) is 1. The largest absolute Gasteiger partial charge is 0.392 e. The fourth-order valence-corrected chi connectivity index (χ4v) is 4.52. The van der Waals surface area contributed by atoms with E-state index in [1.54, 1.807) is 0 Å². The summed E-state index contributed by atoms with van der Waals surface area (Å²) in [5.74, 6) is 1.75. The van der Waals surface area contributed by atoms with Crippen LogP contribution in [0.1, 0.15) is 46.6 Å². The molecular weight excluding hydrogens is 410 g/mol. The van der Waals surface area contributed by atoms with Crippen molar-refractivity contribution in [3.05, 3.63) is 76.2 Å². The van der Waals surface area contributed by atoms with Gasteiger partial charge in [-0.3, -0.25) is 0 Å². The Morgan fingerprint density at radius 1 is 1.06 bits per heavy atom. The van der Waals surface area contributed by atoms with Crippen LogP contribution in [0.4, 0.5) is 5.82 Å². The molecule has 6 heteroatoms. The lowest BCUT2D eigenvalue weighted by molar-refractivity contribution is 0.281. The molecule has 3 aromatic rings. The molecule has 0 radical (unpaired) electrons. The van der Waals surface area contributed by atoms with E-state index < -0.39 is 0 Å². The number of nitrogens with one attached hydrogen (secondary N) is 1. The van der Waals surface area contributed by atoms with Crippen molar-refractivity contribution >= 4 is 5.82 Å². The third kappa shape index (κ3) is 5.77. The Labute approximate surface area is 196 Å².